The first-order valence-corrected chi connectivity index (χ1v) is 10.4. The summed E-state index contributed by atoms with van der Waals surface area (Å²) in [6, 6.07) is 7.27. The van der Waals surface area contributed by atoms with Crippen molar-refractivity contribution in [2.75, 3.05) is 0 Å². The molecule has 2 radical (unpaired) electrons. The molecule has 0 saturated carbocycles. The third-order valence-corrected chi connectivity index (χ3v) is 4.06. The van der Waals surface area contributed by atoms with Crippen LogP contribution in [0.15, 0.2) is 41.0 Å². The van der Waals surface area contributed by atoms with Crippen molar-refractivity contribution in [2.45, 2.75) is 60.6 Å². The Morgan fingerprint density at radius 1 is 1.11 bits per heavy atom. The van der Waals surface area contributed by atoms with E-state index in [-0.39, 0.29) is 46.5 Å². The average molecular weight is 460 g/mol. The Morgan fingerprint density at radius 3 is 1.78 bits per heavy atom. The Hall–Kier alpha value is -0.319. The number of halogens is 2. The topological polar surface area (TPSA) is 40.9 Å². The molecule has 0 fully saturated rings. The van der Waals surface area contributed by atoms with Crippen LogP contribution >= 0.6 is 0 Å². The van der Waals surface area contributed by atoms with Gasteiger partial charge in [0.2, 0.25) is 0 Å². The first kappa shape index (κ1) is 34.2. The molecule has 1 atom stereocenters. The Bertz CT molecular complexity index is 616. The van der Waals surface area contributed by atoms with Crippen LogP contribution in [0.2, 0.25) is 13.1 Å². The molecule has 148 valence electrons. The number of allylic oxidation sites excluding steroid dienone is 4. The fourth-order valence-electron chi connectivity index (χ4n) is 2.37. The van der Waals surface area contributed by atoms with Gasteiger partial charge in [-0.3, -0.25) is 6.08 Å². The summed E-state index contributed by atoms with van der Waals surface area (Å²) in [7, 11) is 1.08. The molecule has 0 aromatic heterocycles. The summed E-state index contributed by atoms with van der Waals surface area (Å²) in [5.41, 5.74) is 12.7. The summed E-state index contributed by atoms with van der Waals surface area (Å²) < 4.78 is 0. The molecule has 0 heterocycles. The van der Waals surface area contributed by atoms with Gasteiger partial charge in [0.15, 0.2) is 0 Å². The summed E-state index contributed by atoms with van der Waals surface area (Å²) in [5.74, 6) is 0.264. The quantitative estimate of drug-likeness (QED) is 0.469. The normalized spacial score (nSPS) is 14.3. The summed E-state index contributed by atoms with van der Waals surface area (Å²) in [4.78, 5) is 10.8. The van der Waals surface area contributed by atoms with E-state index in [9.17, 15) is 4.79 Å². The number of nitrogens with one attached hydrogen (secondary N) is 1. The Morgan fingerprint density at radius 2 is 1.56 bits per heavy atom. The number of carbonyl (C=O) groups is 1. The van der Waals surface area contributed by atoms with Gasteiger partial charge in [-0.2, -0.15) is 11.1 Å². The van der Waals surface area contributed by atoms with Crippen molar-refractivity contribution in [3.63, 3.8) is 0 Å². The van der Waals surface area contributed by atoms with Gasteiger partial charge < -0.3 is 35.3 Å². The maximum Gasteiger partial charge on any atom is 4.00 e. The molecule has 1 aromatic carbocycles. The van der Waals surface area contributed by atoms with Crippen molar-refractivity contribution in [1.29, 1.82) is 0 Å². The first-order chi connectivity index (χ1) is 11.2. The molecule has 0 saturated heterocycles. The molecule has 0 aliphatic heterocycles. The van der Waals surface area contributed by atoms with Gasteiger partial charge in [0.05, 0.1) is 5.91 Å². The Balaban J connectivity index is -0.000000159. The van der Waals surface area contributed by atoms with E-state index in [1.165, 1.54) is 16.7 Å². The van der Waals surface area contributed by atoms with Gasteiger partial charge in [-0.05, 0) is 11.5 Å². The van der Waals surface area contributed by atoms with Crippen LogP contribution in [-0.2, 0) is 21.7 Å². The second kappa shape index (κ2) is 17.8. The van der Waals surface area contributed by atoms with Gasteiger partial charge in [-0.25, -0.2) is 5.57 Å². The van der Waals surface area contributed by atoms with Crippen LogP contribution in [0.25, 0.3) is 5.73 Å². The molecule has 1 aromatic rings. The maximum atomic E-state index is 10.8. The van der Waals surface area contributed by atoms with Crippen LogP contribution in [0.4, 0.5) is 0 Å². The first-order valence-electron chi connectivity index (χ1n) is 8.38. The molecular weight excluding hydrogens is 429 g/mol. The van der Waals surface area contributed by atoms with Crippen molar-refractivity contribution < 1.29 is 51.3 Å². The van der Waals surface area contributed by atoms with Crippen LogP contribution in [-0.4, -0.2) is 15.4 Å². The molecule has 2 nitrogen and oxygen atoms in total. The van der Waals surface area contributed by atoms with E-state index in [4.69, 9.17) is 5.73 Å². The number of carbonyl (C=O) groups excluding carboxylic acids is 1. The van der Waals surface area contributed by atoms with Crippen molar-refractivity contribution in [1.82, 2.24) is 0 Å². The molecule has 6 heteroatoms. The molecule has 1 aliphatic carbocycles. The maximum absolute atomic E-state index is 10.8. The zero-order valence-corrected chi connectivity index (χ0v) is 21.7. The molecule has 27 heavy (non-hydrogen) atoms. The van der Waals surface area contributed by atoms with Gasteiger partial charge in [0.25, 0.3) is 0 Å². The van der Waals surface area contributed by atoms with Gasteiger partial charge in [0.1, 0.15) is 0 Å². The van der Waals surface area contributed by atoms with Crippen LogP contribution in [0.1, 0.15) is 63.4 Å². The predicted molar refractivity (Wildman–Crippen MR) is 107 cm³/mol. The summed E-state index contributed by atoms with van der Waals surface area (Å²) in [6.45, 7) is 17.0. The second-order valence-corrected chi connectivity index (χ2v) is 7.37. The van der Waals surface area contributed by atoms with Gasteiger partial charge >= 0.3 is 21.7 Å². The number of hydrogen-bond acceptors (Lipinski definition) is 1. The van der Waals surface area contributed by atoms with Crippen molar-refractivity contribution >= 4 is 15.4 Å². The third kappa shape index (κ3) is 12.0. The summed E-state index contributed by atoms with van der Waals surface area (Å²) in [6.07, 6.45) is 3.36. The van der Waals surface area contributed by atoms with E-state index < -0.39 is 5.91 Å². The summed E-state index contributed by atoms with van der Waals surface area (Å²) in [5, 5.41) is 0. The van der Waals surface area contributed by atoms with Gasteiger partial charge in [0, 0.05) is 15.1 Å². The zero-order chi connectivity index (χ0) is 18.9. The minimum atomic E-state index is -0.598. The Kier molecular flexibility index (Phi) is 22.5. The van der Waals surface area contributed by atoms with Gasteiger partial charge in [-0.1, -0.05) is 77.9 Å². The predicted octanol–water partition coefficient (Wildman–Crippen LogP) is 0.517. The fourth-order valence-corrected chi connectivity index (χ4v) is 2.37. The van der Waals surface area contributed by atoms with E-state index in [1.54, 1.807) is 12.1 Å². The smallest absolute Gasteiger partial charge is 1.00 e. The minimum absolute atomic E-state index is 0. The SMILES string of the molecule is CC(C)c1ccccc1C([NH-])=O.CC1=[C-]C(C)C(C)=C1C.C[Si]C.[Cl-].[Cl-].[Ti+4]. The Labute approximate surface area is 196 Å². The molecule has 1 amide bonds. The number of amides is 1. The monoisotopic (exact) mass is 459 g/mol. The van der Waals surface area contributed by atoms with Crippen LogP contribution in [0.5, 0.6) is 0 Å². The molecule has 1 unspecified atom stereocenters. The van der Waals surface area contributed by atoms with E-state index in [2.05, 4.69) is 46.9 Å². The van der Waals surface area contributed by atoms with Gasteiger partial charge in [-0.15, -0.1) is 6.92 Å². The molecule has 1 aliphatic rings. The number of rotatable bonds is 2. The van der Waals surface area contributed by atoms with E-state index in [1.807, 2.05) is 26.0 Å². The van der Waals surface area contributed by atoms with E-state index in [0.717, 1.165) is 15.1 Å². The third-order valence-electron chi connectivity index (χ3n) is 4.06. The van der Waals surface area contributed by atoms with Crippen molar-refractivity contribution in [3.05, 3.63) is 63.9 Å². The molecule has 2 rings (SSSR count). The molecular formula is C21H31Cl2NOSiTi. The van der Waals surface area contributed by atoms with E-state index >= 15 is 0 Å². The molecule has 0 spiro atoms. The van der Waals surface area contributed by atoms with Crippen LogP contribution in [0.3, 0.4) is 0 Å². The van der Waals surface area contributed by atoms with Crippen molar-refractivity contribution in [2.24, 2.45) is 5.92 Å². The number of hydrogen-bond donors (Lipinski definition) is 0. The summed E-state index contributed by atoms with van der Waals surface area (Å²) >= 11 is 0. The largest absolute Gasteiger partial charge is 4.00 e. The molecule has 0 bridgehead atoms. The standard InChI is InChI=1S/C10H13NO.C9H13.C2H6Si.2ClH.Ti/c1-7(2)8-5-3-4-6-9(8)10(11)12;1-6-5-7(2)9(4)8(6)3;1-3-2;;;/h3-7H,1-2H3,(H2,11,12);6H,1-4H3;1-2H3;2*1H;/q;-1;;;;+4/p-3. The van der Waals surface area contributed by atoms with Crippen LogP contribution < -0.4 is 24.8 Å². The second-order valence-electron chi connectivity index (χ2n) is 6.37. The average Bonchev–Trinajstić information content (AvgIpc) is 2.75. The fraction of sp³-hybridized carbons (Fsp3) is 0.476. The van der Waals surface area contributed by atoms with Crippen LogP contribution in [0, 0.1) is 12.0 Å². The van der Waals surface area contributed by atoms with E-state index in [0.29, 0.717) is 17.4 Å². The number of benzene rings is 1. The van der Waals surface area contributed by atoms with Crippen molar-refractivity contribution in [3.8, 4) is 0 Å². The molecule has 1 N–H and O–H groups in total. The minimum Gasteiger partial charge on any atom is -1.00 e. The zero-order valence-electron chi connectivity index (χ0n) is 17.6.